The van der Waals surface area contributed by atoms with E-state index in [2.05, 4.69) is 4.98 Å². The van der Waals surface area contributed by atoms with Crippen molar-refractivity contribution in [2.24, 2.45) is 0 Å². The molecule has 0 saturated heterocycles. The van der Waals surface area contributed by atoms with E-state index in [9.17, 15) is 4.79 Å². The summed E-state index contributed by atoms with van der Waals surface area (Å²) in [7, 11) is 3.09. The maximum absolute atomic E-state index is 12.9. The molecule has 1 heterocycles. The summed E-state index contributed by atoms with van der Waals surface area (Å²) in [6.07, 6.45) is 3.44. The van der Waals surface area contributed by atoms with Crippen LogP contribution in [-0.4, -0.2) is 36.6 Å². The largest absolute Gasteiger partial charge is 0.496 e. The molecule has 0 unspecified atom stereocenters. The molecule has 1 aromatic heterocycles. The second-order valence-electron chi connectivity index (χ2n) is 4.71. The van der Waals surface area contributed by atoms with Gasteiger partial charge >= 0.3 is 0 Å². The Morgan fingerprint density at radius 3 is 2.18 bits per heavy atom. The fraction of sp³-hybridized carbons (Fsp3) is 0.294. The highest BCUT2D eigenvalue weighted by Gasteiger charge is 2.23. The summed E-state index contributed by atoms with van der Waals surface area (Å²) in [6.45, 7) is 3.04. The van der Waals surface area contributed by atoms with E-state index in [0.29, 0.717) is 30.2 Å². The van der Waals surface area contributed by atoms with Gasteiger partial charge in [-0.2, -0.15) is 0 Å². The topological polar surface area (TPSA) is 51.7 Å². The number of carbonyl (C=O) groups is 1. The van der Waals surface area contributed by atoms with Crippen LogP contribution in [0.25, 0.3) is 0 Å². The Hall–Kier alpha value is -2.56. The number of hydrogen-bond acceptors (Lipinski definition) is 4. The molecule has 2 aromatic rings. The van der Waals surface area contributed by atoms with Crippen molar-refractivity contribution < 1.29 is 14.3 Å². The third-order valence-corrected chi connectivity index (χ3v) is 3.43. The maximum Gasteiger partial charge on any atom is 0.261 e. The summed E-state index contributed by atoms with van der Waals surface area (Å²) in [4.78, 5) is 18.6. The second kappa shape index (κ2) is 7.45. The van der Waals surface area contributed by atoms with E-state index in [0.717, 1.165) is 5.56 Å². The number of benzene rings is 1. The van der Waals surface area contributed by atoms with Crippen LogP contribution in [0.15, 0.2) is 42.7 Å². The molecule has 1 amide bonds. The van der Waals surface area contributed by atoms with Crippen molar-refractivity contribution in [1.29, 1.82) is 0 Å². The highest BCUT2D eigenvalue weighted by Crippen LogP contribution is 2.29. The minimum atomic E-state index is -0.117. The number of amides is 1. The maximum atomic E-state index is 12.9. The van der Waals surface area contributed by atoms with Crippen molar-refractivity contribution in [3.05, 3.63) is 53.9 Å². The standard InChI is InChI=1S/C17H20N2O3/c1-4-19(12-13-8-10-18-11-9-13)17(20)16-14(21-2)6-5-7-15(16)22-3/h5-11H,4,12H2,1-3H3. The first-order valence-electron chi connectivity index (χ1n) is 7.10. The molecule has 0 saturated carbocycles. The average molecular weight is 300 g/mol. The number of methoxy groups -OCH3 is 2. The highest BCUT2D eigenvalue weighted by atomic mass is 16.5. The first-order chi connectivity index (χ1) is 10.7. The number of rotatable bonds is 6. The summed E-state index contributed by atoms with van der Waals surface area (Å²) < 4.78 is 10.6. The molecular formula is C17H20N2O3. The zero-order chi connectivity index (χ0) is 15.9. The van der Waals surface area contributed by atoms with Crippen molar-refractivity contribution in [1.82, 2.24) is 9.88 Å². The number of carbonyl (C=O) groups excluding carboxylic acids is 1. The van der Waals surface area contributed by atoms with Gasteiger partial charge in [0.2, 0.25) is 0 Å². The first-order valence-corrected chi connectivity index (χ1v) is 7.10. The molecule has 0 bridgehead atoms. The van der Waals surface area contributed by atoms with Gasteiger partial charge in [-0.25, -0.2) is 0 Å². The molecule has 5 nitrogen and oxygen atoms in total. The lowest BCUT2D eigenvalue weighted by atomic mass is 10.1. The van der Waals surface area contributed by atoms with E-state index >= 15 is 0 Å². The van der Waals surface area contributed by atoms with Crippen LogP contribution in [0.4, 0.5) is 0 Å². The Kier molecular flexibility index (Phi) is 5.36. The molecule has 22 heavy (non-hydrogen) atoms. The average Bonchev–Trinajstić information content (AvgIpc) is 2.59. The van der Waals surface area contributed by atoms with E-state index in [1.165, 1.54) is 0 Å². The molecule has 0 fully saturated rings. The zero-order valence-electron chi connectivity index (χ0n) is 13.1. The summed E-state index contributed by atoms with van der Waals surface area (Å²) >= 11 is 0. The van der Waals surface area contributed by atoms with Crippen LogP contribution >= 0.6 is 0 Å². The van der Waals surface area contributed by atoms with Crippen molar-refractivity contribution in [3.8, 4) is 11.5 Å². The Labute approximate surface area is 130 Å². The molecular weight excluding hydrogens is 280 g/mol. The van der Waals surface area contributed by atoms with Crippen molar-refractivity contribution in [2.75, 3.05) is 20.8 Å². The Bertz CT molecular complexity index is 607. The van der Waals surface area contributed by atoms with Gasteiger partial charge in [0.05, 0.1) is 14.2 Å². The van der Waals surface area contributed by atoms with Gasteiger partial charge in [0.1, 0.15) is 17.1 Å². The summed E-state index contributed by atoms with van der Waals surface area (Å²) in [5.74, 6) is 0.906. The van der Waals surface area contributed by atoms with E-state index in [4.69, 9.17) is 9.47 Å². The SMILES string of the molecule is CCN(Cc1ccncc1)C(=O)c1c(OC)cccc1OC. The number of ether oxygens (including phenoxy) is 2. The highest BCUT2D eigenvalue weighted by molar-refractivity contribution is 5.99. The smallest absolute Gasteiger partial charge is 0.261 e. The summed E-state index contributed by atoms with van der Waals surface area (Å²) in [6, 6.07) is 9.12. The minimum Gasteiger partial charge on any atom is -0.496 e. The van der Waals surface area contributed by atoms with E-state index in [1.807, 2.05) is 19.1 Å². The molecule has 0 aliphatic heterocycles. The van der Waals surface area contributed by atoms with Gasteiger partial charge in [-0.1, -0.05) is 6.07 Å². The third-order valence-electron chi connectivity index (χ3n) is 3.43. The van der Waals surface area contributed by atoms with Gasteiger partial charge < -0.3 is 14.4 Å². The van der Waals surface area contributed by atoms with Crippen LogP contribution in [0.2, 0.25) is 0 Å². The molecule has 116 valence electrons. The van der Waals surface area contributed by atoms with Gasteiger partial charge in [-0.15, -0.1) is 0 Å². The molecule has 0 N–H and O–H groups in total. The number of nitrogens with zero attached hydrogens (tertiary/aromatic N) is 2. The lowest BCUT2D eigenvalue weighted by Crippen LogP contribution is -2.31. The molecule has 0 radical (unpaired) electrons. The Morgan fingerprint density at radius 1 is 1.09 bits per heavy atom. The predicted molar refractivity (Wildman–Crippen MR) is 84.2 cm³/mol. The fourth-order valence-corrected chi connectivity index (χ4v) is 2.26. The minimum absolute atomic E-state index is 0.117. The van der Waals surface area contributed by atoms with Crippen LogP contribution in [0, 0.1) is 0 Å². The molecule has 1 aromatic carbocycles. The molecule has 0 spiro atoms. The molecule has 5 heteroatoms. The summed E-state index contributed by atoms with van der Waals surface area (Å²) in [5.41, 5.74) is 1.47. The van der Waals surface area contributed by atoms with Crippen LogP contribution in [0.1, 0.15) is 22.8 Å². The Balaban J connectivity index is 2.32. The van der Waals surface area contributed by atoms with E-state index in [-0.39, 0.29) is 5.91 Å². The van der Waals surface area contributed by atoms with Crippen molar-refractivity contribution in [3.63, 3.8) is 0 Å². The van der Waals surface area contributed by atoms with Gasteiger partial charge in [-0.3, -0.25) is 9.78 Å². The fourth-order valence-electron chi connectivity index (χ4n) is 2.26. The third kappa shape index (κ3) is 3.36. The monoisotopic (exact) mass is 300 g/mol. The van der Waals surface area contributed by atoms with Gasteiger partial charge in [-0.05, 0) is 36.8 Å². The van der Waals surface area contributed by atoms with Crippen molar-refractivity contribution in [2.45, 2.75) is 13.5 Å². The molecule has 2 rings (SSSR count). The Morgan fingerprint density at radius 2 is 1.68 bits per heavy atom. The first kappa shape index (κ1) is 15.8. The van der Waals surface area contributed by atoms with Crippen LogP contribution in [-0.2, 0) is 6.54 Å². The normalized spacial score (nSPS) is 10.1. The van der Waals surface area contributed by atoms with Crippen molar-refractivity contribution >= 4 is 5.91 Å². The molecule has 0 atom stereocenters. The molecule has 0 aliphatic rings. The predicted octanol–water partition coefficient (Wildman–Crippen LogP) is 2.76. The lowest BCUT2D eigenvalue weighted by molar-refractivity contribution is 0.0745. The lowest BCUT2D eigenvalue weighted by Gasteiger charge is -2.23. The second-order valence-corrected chi connectivity index (χ2v) is 4.71. The quantitative estimate of drug-likeness (QED) is 0.823. The van der Waals surface area contributed by atoms with Crippen LogP contribution < -0.4 is 9.47 Å². The van der Waals surface area contributed by atoms with Crippen LogP contribution in [0.3, 0.4) is 0 Å². The molecule has 0 aliphatic carbocycles. The van der Waals surface area contributed by atoms with Gasteiger partial charge in [0.15, 0.2) is 0 Å². The van der Waals surface area contributed by atoms with Crippen LogP contribution in [0.5, 0.6) is 11.5 Å². The van der Waals surface area contributed by atoms with Gasteiger partial charge in [0, 0.05) is 25.5 Å². The summed E-state index contributed by atoms with van der Waals surface area (Å²) in [5, 5.41) is 0. The van der Waals surface area contributed by atoms with Gasteiger partial charge in [0.25, 0.3) is 5.91 Å². The van der Waals surface area contributed by atoms with E-state index in [1.54, 1.807) is 49.7 Å². The number of pyridine rings is 1. The number of hydrogen-bond donors (Lipinski definition) is 0. The number of aromatic nitrogens is 1. The zero-order valence-corrected chi connectivity index (χ0v) is 13.1. The van der Waals surface area contributed by atoms with E-state index < -0.39 is 0 Å².